The van der Waals surface area contributed by atoms with E-state index in [-0.39, 0.29) is 5.41 Å². The van der Waals surface area contributed by atoms with E-state index in [0.717, 1.165) is 39.0 Å². The number of benzene rings is 8. The summed E-state index contributed by atoms with van der Waals surface area (Å²) < 4.78 is 6.53. The fraction of sp³-hybridized carbons (Fsp3) is 0.0943. The minimum absolute atomic E-state index is 0.0508. The van der Waals surface area contributed by atoms with Crippen molar-refractivity contribution in [3.8, 4) is 44.5 Å². The van der Waals surface area contributed by atoms with Crippen LogP contribution < -0.4 is 4.90 Å². The first-order valence-corrected chi connectivity index (χ1v) is 19.6. The molecule has 0 amide bonds. The summed E-state index contributed by atoms with van der Waals surface area (Å²) in [6.45, 7) is 0. The summed E-state index contributed by atoms with van der Waals surface area (Å²) in [5, 5.41) is 2.24. The number of nitrogens with zero attached hydrogens (tertiary/aromatic N) is 1. The molecule has 11 rings (SSSR count). The van der Waals surface area contributed by atoms with Crippen molar-refractivity contribution in [2.45, 2.75) is 31.1 Å². The molecule has 1 spiro atoms. The molecular weight excluding hydrogens is 667 g/mol. The van der Waals surface area contributed by atoms with Gasteiger partial charge in [0.15, 0.2) is 0 Å². The van der Waals surface area contributed by atoms with E-state index in [2.05, 4.69) is 193 Å². The smallest absolute Gasteiger partial charge is 0.137 e. The van der Waals surface area contributed by atoms with E-state index in [1.807, 2.05) is 0 Å². The highest BCUT2D eigenvalue weighted by atomic mass is 16.3. The summed E-state index contributed by atoms with van der Waals surface area (Å²) >= 11 is 0. The zero-order valence-corrected chi connectivity index (χ0v) is 30.6. The Morgan fingerprint density at radius 2 is 0.964 bits per heavy atom. The van der Waals surface area contributed by atoms with Crippen LogP contribution in [0.15, 0.2) is 192 Å². The average molecular weight is 706 g/mol. The van der Waals surface area contributed by atoms with Crippen molar-refractivity contribution in [3.05, 3.63) is 199 Å². The summed E-state index contributed by atoms with van der Waals surface area (Å²) in [6.07, 6.45) is 4.89. The molecule has 1 fully saturated rings. The van der Waals surface area contributed by atoms with Gasteiger partial charge >= 0.3 is 0 Å². The predicted molar refractivity (Wildman–Crippen MR) is 229 cm³/mol. The molecule has 0 saturated heterocycles. The van der Waals surface area contributed by atoms with Crippen molar-refractivity contribution in [3.63, 3.8) is 0 Å². The molecule has 1 aromatic heterocycles. The maximum absolute atomic E-state index is 6.53. The van der Waals surface area contributed by atoms with E-state index >= 15 is 0 Å². The maximum atomic E-state index is 6.53. The Morgan fingerprint density at radius 1 is 0.400 bits per heavy atom. The second-order valence-corrected chi connectivity index (χ2v) is 15.1. The first-order chi connectivity index (χ1) is 27.3. The van der Waals surface area contributed by atoms with E-state index in [1.165, 1.54) is 81.3 Å². The van der Waals surface area contributed by atoms with Crippen LogP contribution in [0.1, 0.15) is 36.8 Å². The Bertz CT molecular complexity index is 2890. The van der Waals surface area contributed by atoms with E-state index < -0.39 is 0 Å². The molecule has 0 radical (unpaired) electrons. The Kier molecular flexibility index (Phi) is 7.38. The van der Waals surface area contributed by atoms with Crippen molar-refractivity contribution in [1.82, 2.24) is 0 Å². The van der Waals surface area contributed by atoms with Crippen molar-refractivity contribution in [1.29, 1.82) is 0 Å². The van der Waals surface area contributed by atoms with Gasteiger partial charge in [0, 0.05) is 22.1 Å². The van der Waals surface area contributed by atoms with Gasteiger partial charge in [-0.1, -0.05) is 165 Å². The fourth-order valence-electron chi connectivity index (χ4n) is 9.89. The summed E-state index contributed by atoms with van der Waals surface area (Å²) in [5.41, 5.74) is 18.2. The summed E-state index contributed by atoms with van der Waals surface area (Å²) in [6, 6.07) is 68.7. The quantitative estimate of drug-likeness (QED) is 0.171. The zero-order chi connectivity index (χ0) is 36.3. The van der Waals surface area contributed by atoms with E-state index in [4.69, 9.17) is 4.42 Å². The van der Waals surface area contributed by atoms with Gasteiger partial charge in [-0.2, -0.15) is 0 Å². The Morgan fingerprint density at radius 3 is 1.76 bits per heavy atom. The normalized spacial score (nSPS) is 14.0. The number of hydrogen-bond acceptors (Lipinski definition) is 2. The first kappa shape index (κ1) is 31.8. The molecular formula is C53H39NO. The zero-order valence-electron chi connectivity index (χ0n) is 30.6. The van der Waals surface area contributed by atoms with Crippen molar-refractivity contribution >= 4 is 39.0 Å². The lowest BCUT2D eigenvalue weighted by molar-refractivity contribution is 0.550. The predicted octanol–water partition coefficient (Wildman–Crippen LogP) is 14.9. The lowest BCUT2D eigenvalue weighted by atomic mass is 9.76. The molecule has 55 heavy (non-hydrogen) atoms. The molecule has 262 valence electrons. The fourth-order valence-corrected chi connectivity index (χ4v) is 9.89. The van der Waals surface area contributed by atoms with Crippen LogP contribution >= 0.6 is 0 Å². The van der Waals surface area contributed by atoms with Crippen LogP contribution in [0, 0.1) is 0 Å². The highest BCUT2D eigenvalue weighted by Crippen LogP contribution is 2.58. The van der Waals surface area contributed by atoms with Crippen molar-refractivity contribution in [2.75, 3.05) is 4.90 Å². The number of hydrogen-bond donors (Lipinski definition) is 0. The minimum atomic E-state index is 0.0508. The monoisotopic (exact) mass is 705 g/mol. The van der Waals surface area contributed by atoms with Crippen molar-refractivity contribution < 1.29 is 4.42 Å². The lowest BCUT2D eigenvalue weighted by Crippen LogP contribution is -2.21. The third-order valence-corrected chi connectivity index (χ3v) is 12.3. The maximum Gasteiger partial charge on any atom is 0.137 e. The number of anilines is 3. The topological polar surface area (TPSA) is 16.4 Å². The standard InChI is InChI=1S/C53H39NO/c1-2-17-36(18-3-1)38-19-4-5-20-39(38)40-21-6-7-22-41(40)44-24-9-12-27-48(44)54(49-28-16-30-51-52(49)45-25-10-13-29-50(45)55-51)37-31-32-43-42-23-8-11-26-46(42)53(47(43)35-37)33-14-15-34-53/h1-13,16-32,35H,14-15,33-34H2. The molecule has 0 N–H and O–H groups in total. The molecule has 1 heterocycles. The Hall–Kier alpha value is -6.64. The molecule has 0 unspecified atom stereocenters. The molecule has 2 heteroatoms. The van der Waals surface area contributed by atoms with Crippen molar-refractivity contribution in [2.24, 2.45) is 0 Å². The number of furan rings is 1. The summed E-state index contributed by atoms with van der Waals surface area (Å²) in [7, 11) is 0. The molecule has 0 bridgehead atoms. The largest absolute Gasteiger partial charge is 0.456 e. The van der Waals surface area contributed by atoms with Crippen LogP contribution in [-0.4, -0.2) is 0 Å². The van der Waals surface area contributed by atoms with Crippen LogP contribution in [0.5, 0.6) is 0 Å². The highest BCUT2D eigenvalue weighted by Gasteiger charge is 2.45. The van der Waals surface area contributed by atoms with Crippen LogP contribution in [-0.2, 0) is 5.41 Å². The van der Waals surface area contributed by atoms with E-state index in [0.29, 0.717) is 0 Å². The van der Waals surface area contributed by atoms with Gasteiger partial charge in [0.1, 0.15) is 11.2 Å². The van der Waals surface area contributed by atoms with Gasteiger partial charge in [0.05, 0.1) is 16.8 Å². The molecule has 2 nitrogen and oxygen atoms in total. The van der Waals surface area contributed by atoms with E-state index in [1.54, 1.807) is 0 Å². The van der Waals surface area contributed by atoms with Crippen LogP contribution in [0.3, 0.4) is 0 Å². The molecule has 9 aromatic rings. The van der Waals surface area contributed by atoms with Crippen LogP contribution in [0.4, 0.5) is 17.1 Å². The van der Waals surface area contributed by atoms with Gasteiger partial charge in [0.25, 0.3) is 0 Å². The molecule has 0 aliphatic heterocycles. The number of rotatable bonds is 6. The lowest BCUT2D eigenvalue weighted by Gasteiger charge is -2.31. The molecule has 1 saturated carbocycles. The van der Waals surface area contributed by atoms with Gasteiger partial charge in [-0.25, -0.2) is 0 Å². The first-order valence-electron chi connectivity index (χ1n) is 19.6. The van der Waals surface area contributed by atoms with Gasteiger partial charge < -0.3 is 9.32 Å². The SMILES string of the molecule is c1ccc(-c2ccccc2-c2ccccc2-c2ccccc2N(c2ccc3c(c2)C2(CCCC2)c2ccccc2-3)c2cccc3oc4ccccc4c23)cc1. The molecule has 0 atom stereocenters. The second-order valence-electron chi connectivity index (χ2n) is 15.1. The Balaban J connectivity index is 1.18. The Labute approximate surface area is 322 Å². The van der Waals surface area contributed by atoms with Gasteiger partial charge in [-0.3, -0.25) is 0 Å². The van der Waals surface area contributed by atoms with Gasteiger partial charge in [-0.15, -0.1) is 0 Å². The van der Waals surface area contributed by atoms with E-state index in [9.17, 15) is 0 Å². The molecule has 8 aromatic carbocycles. The summed E-state index contributed by atoms with van der Waals surface area (Å²) in [5.74, 6) is 0. The average Bonchev–Trinajstić information content (AvgIpc) is 3.97. The third kappa shape index (κ3) is 4.95. The summed E-state index contributed by atoms with van der Waals surface area (Å²) in [4.78, 5) is 2.51. The third-order valence-electron chi connectivity index (χ3n) is 12.3. The minimum Gasteiger partial charge on any atom is -0.456 e. The van der Waals surface area contributed by atoms with Gasteiger partial charge in [-0.05, 0) is 99.3 Å². The highest BCUT2D eigenvalue weighted by molar-refractivity contribution is 6.14. The number of para-hydroxylation sites is 2. The molecule has 2 aliphatic carbocycles. The van der Waals surface area contributed by atoms with Crippen LogP contribution in [0.25, 0.3) is 66.4 Å². The van der Waals surface area contributed by atoms with Crippen LogP contribution in [0.2, 0.25) is 0 Å². The number of fused-ring (bicyclic) bond motifs is 8. The molecule has 2 aliphatic rings. The second kappa shape index (κ2) is 12.7. The van der Waals surface area contributed by atoms with Gasteiger partial charge in [0.2, 0.25) is 0 Å².